The van der Waals surface area contributed by atoms with Crippen LogP contribution in [0, 0.1) is 13.8 Å². The molecule has 0 aliphatic carbocycles. The van der Waals surface area contributed by atoms with Gasteiger partial charge in [-0.05, 0) is 44.0 Å². The highest BCUT2D eigenvalue weighted by Crippen LogP contribution is 2.36. The van der Waals surface area contributed by atoms with Crippen molar-refractivity contribution < 1.29 is 40.9 Å². The Morgan fingerprint density at radius 1 is 0.889 bits per heavy atom. The normalized spacial score (nSPS) is 14.4. The molecule has 1 fully saturated rings. The molecule has 1 aliphatic heterocycles. The molecule has 16 heteroatoms. The summed E-state index contributed by atoms with van der Waals surface area (Å²) >= 11 is 6.60. The topological polar surface area (TPSA) is 124 Å². The molecular formula is C38H44ClF2N5O7S. The van der Waals surface area contributed by atoms with Crippen molar-refractivity contribution in [3.05, 3.63) is 87.7 Å². The number of rotatable bonds is 13. The number of anilines is 2. The largest absolute Gasteiger partial charge is 0.497 e. The fourth-order valence-electron chi connectivity index (χ4n) is 6.31. The van der Waals surface area contributed by atoms with E-state index in [9.17, 15) is 22.0 Å². The van der Waals surface area contributed by atoms with E-state index in [0.717, 1.165) is 0 Å². The van der Waals surface area contributed by atoms with E-state index in [2.05, 4.69) is 9.97 Å². The van der Waals surface area contributed by atoms with Crippen LogP contribution in [0.25, 0.3) is 0 Å². The van der Waals surface area contributed by atoms with Crippen molar-refractivity contribution in [1.82, 2.24) is 14.3 Å². The van der Waals surface area contributed by atoms with Crippen LogP contribution >= 0.6 is 11.6 Å². The van der Waals surface area contributed by atoms with Crippen LogP contribution in [0.15, 0.2) is 59.8 Å². The van der Waals surface area contributed by atoms with E-state index in [-0.39, 0.29) is 72.6 Å². The summed E-state index contributed by atoms with van der Waals surface area (Å²) in [5.41, 5.74) is 2.34. The summed E-state index contributed by atoms with van der Waals surface area (Å²) in [7, 11) is 3.10. The van der Waals surface area contributed by atoms with Gasteiger partial charge in [0.15, 0.2) is 5.03 Å². The number of hydrogen-bond acceptors (Lipinski definition) is 10. The molecule has 0 radical (unpaired) electrons. The Morgan fingerprint density at radius 3 is 2.04 bits per heavy atom. The van der Waals surface area contributed by atoms with E-state index in [1.54, 1.807) is 55.1 Å². The number of carbonyl (C=O) groups is 1. The van der Waals surface area contributed by atoms with E-state index in [1.165, 1.54) is 63.0 Å². The maximum Gasteiger partial charge on any atom is 0.262 e. The molecule has 5 rings (SSSR count). The molecule has 0 atom stereocenters. The van der Waals surface area contributed by atoms with Gasteiger partial charge in [0.25, 0.3) is 15.9 Å². The lowest BCUT2D eigenvalue weighted by Gasteiger charge is -2.28. The van der Waals surface area contributed by atoms with E-state index in [0.29, 0.717) is 45.4 Å². The minimum absolute atomic E-state index is 0.00402. The third-order valence-electron chi connectivity index (χ3n) is 9.45. The second kappa shape index (κ2) is 16.7. The van der Waals surface area contributed by atoms with Gasteiger partial charge in [0.1, 0.15) is 28.8 Å². The quantitative estimate of drug-likeness (QED) is 0.139. The molecule has 1 amide bonds. The number of halogens is 3. The van der Waals surface area contributed by atoms with E-state index in [4.69, 9.17) is 30.5 Å². The van der Waals surface area contributed by atoms with Crippen molar-refractivity contribution in [1.29, 1.82) is 0 Å². The minimum Gasteiger partial charge on any atom is -0.497 e. The molecule has 0 bridgehead atoms. The van der Waals surface area contributed by atoms with Gasteiger partial charge in [-0.25, -0.2) is 27.2 Å². The zero-order valence-corrected chi connectivity index (χ0v) is 32.9. The molecule has 0 unspecified atom stereocenters. The number of sulfonamides is 1. The van der Waals surface area contributed by atoms with Crippen molar-refractivity contribution in [2.45, 2.75) is 57.1 Å². The number of alkyl halides is 2. The molecule has 0 spiro atoms. The monoisotopic (exact) mass is 787 g/mol. The second-order valence-electron chi connectivity index (χ2n) is 12.9. The number of amides is 1. The summed E-state index contributed by atoms with van der Waals surface area (Å²) in [4.78, 5) is 26.2. The maximum absolute atomic E-state index is 14.6. The average molecular weight is 788 g/mol. The average Bonchev–Trinajstić information content (AvgIpc) is 3.35. The van der Waals surface area contributed by atoms with Crippen molar-refractivity contribution in [3.63, 3.8) is 0 Å². The predicted octanol–water partition coefficient (Wildman–Crippen LogP) is 7.07. The Hall–Kier alpha value is -4.73. The Kier molecular flexibility index (Phi) is 12.5. The zero-order chi connectivity index (χ0) is 39.4. The number of ether oxygens (including phenoxy) is 4. The van der Waals surface area contributed by atoms with Gasteiger partial charge in [-0.1, -0.05) is 23.7 Å². The second-order valence-corrected chi connectivity index (χ2v) is 15.1. The smallest absolute Gasteiger partial charge is 0.262 e. The number of nitrogens with zero attached hydrogens (tertiary/aromatic N) is 5. The highest BCUT2D eigenvalue weighted by atomic mass is 35.5. The zero-order valence-electron chi connectivity index (χ0n) is 31.3. The van der Waals surface area contributed by atoms with Gasteiger partial charge in [0, 0.05) is 87.3 Å². The first-order valence-corrected chi connectivity index (χ1v) is 18.9. The lowest BCUT2D eigenvalue weighted by Crippen LogP contribution is -2.34. The highest BCUT2D eigenvalue weighted by Gasteiger charge is 2.35. The molecular weight excluding hydrogens is 744 g/mol. The van der Waals surface area contributed by atoms with Crippen molar-refractivity contribution in [2.24, 2.45) is 0 Å². The molecule has 0 saturated carbocycles. The SMILES string of the molecule is COc1ccc(CN(Cc2ccc(OC)cc2OC)S(=O)(=O)c2cc(N(C)C(=O)c3c(N4CCCC(F)(F)CC4)nc(C)c(Cl)c3C)ccn2)c(OC)c1. The van der Waals surface area contributed by atoms with Gasteiger partial charge in [-0.3, -0.25) is 4.79 Å². The Balaban J connectivity index is 1.55. The third-order valence-corrected chi connectivity index (χ3v) is 11.7. The standard InChI is InChI=1S/C38H44ClF2N5O7S/c1-24-34(36(43-25(2)35(24)39)45-17-8-14-38(40,41)15-18-45)37(47)44(3)28-13-16-42-33(19-28)54(48,49)46(22-26-9-11-29(50-4)20-31(26)52-6)23-27-10-12-30(51-5)21-32(27)53-7/h9-13,16,19-21H,8,14-15,17-18,22-23H2,1-7H3. The van der Waals surface area contributed by atoms with Crippen LogP contribution in [0.2, 0.25) is 5.02 Å². The summed E-state index contributed by atoms with van der Waals surface area (Å²) in [5, 5.41) is -0.0569. The van der Waals surface area contributed by atoms with E-state index < -0.39 is 21.9 Å². The van der Waals surface area contributed by atoms with Crippen LogP contribution in [0.4, 0.5) is 20.3 Å². The number of methoxy groups -OCH3 is 4. The summed E-state index contributed by atoms with van der Waals surface area (Å²) < 4.78 is 81.0. The van der Waals surface area contributed by atoms with Crippen LogP contribution in [-0.4, -0.2) is 83.1 Å². The number of hydrogen-bond donors (Lipinski definition) is 0. The fraction of sp³-hybridized carbons (Fsp3) is 0.395. The first-order chi connectivity index (χ1) is 25.6. The van der Waals surface area contributed by atoms with Crippen molar-refractivity contribution >= 4 is 39.0 Å². The Labute approximate surface area is 319 Å². The number of aromatic nitrogens is 2. The van der Waals surface area contributed by atoms with Crippen LogP contribution < -0.4 is 28.7 Å². The molecule has 54 heavy (non-hydrogen) atoms. The molecule has 12 nitrogen and oxygen atoms in total. The van der Waals surface area contributed by atoms with E-state index >= 15 is 0 Å². The molecule has 2 aromatic heterocycles. The summed E-state index contributed by atoms with van der Waals surface area (Å²) in [6, 6.07) is 13.0. The van der Waals surface area contributed by atoms with Gasteiger partial charge in [-0.15, -0.1) is 0 Å². The number of pyridine rings is 2. The first kappa shape index (κ1) is 40.5. The first-order valence-electron chi connectivity index (χ1n) is 17.1. The van der Waals surface area contributed by atoms with Gasteiger partial charge in [0.05, 0.1) is 44.7 Å². The predicted molar refractivity (Wildman–Crippen MR) is 202 cm³/mol. The van der Waals surface area contributed by atoms with Gasteiger partial charge in [0.2, 0.25) is 5.92 Å². The molecule has 1 aliphatic rings. The van der Waals surface area contributed by atoms with Crippen LogP contribution in [0.5, 0.6) is 23.0 Å². The Bertz CT molecular complexity index is 2060. The number of carbonyl (C=O) groups excluding carboxylic acids is 1. The molecule has 4 aromatic rings. The summed E-state index contributed by atoms with van der Waals surface area (Å²) in [6.07, 6.45) is 0.870. The summed E-state index contributed by atoms with van der Waals surface area (Å²) in [6.45, 7) is 3.38. The van der Waals surface area contributed by atoms with Crippen LogP contribution in [0.1, 0.15) is 52.0 Å². The molecule has 0 N–H and O–H groups in total. The third kappa shape index (κ3) is 8.63. The van der Waals surface area contributed by atoms with Gasteiger partial charge < -0.3 is 28.7 Å². The van der Waals surface area contributed by atoms with Gasteiger partial charge >= 0.3 is 0 Å². The highest BCUT2D eigenvalue weighted by molar-refractivity contribution is 7.89. The molecule has 3 heterocycles. The number of benzene rings is 2. The lowest BCUT2D eigenvalue weighted by molar-refractivity contribution is -0.0102. The molecule has 2 aromatic carbocycles. The van der Waals surface area contributed by atoms with Crippen LogP contribution in [0.3, 0.4) is 0 Å². The van der Waals surface area contributed by atoms with Crippen molar-refractivity contribution in [2.75, 3.05) is 58.4 Å². The fourth-order valence-corrected chi connectivity index (χ4v) is 7.79. The lowest BCUT2D eigenvalue weighted by atomic mass is 10.1. The molecule has 290 valence electrons. The Morgan fingerprint density at radius 2 is 1.48 bits per heavy atom. The number of aryl methyl sites for hydroxylation is 1. The van der Waals surface area contributed by atoms with Crippen LogP contribution in [-0.2, 0) is 23.1 Å². The van der Waals surface area contributed by atoms with E-state index in [1.807, 2.05) is 0 Å². The summed E-state index contributed by atoms with van der Waals surface area (Å²) in [5.74, 6) is -1.25. The molecule has 1 saturated heterocycles. The maximum atomic E-state index is 14.6. The minimum atomic E-state index is -4.39. The van der Waals surface area contributed by atoms with Gasteiger partial charge in [-0.2, -0.15) is 4.31 Å². The van der Waals surface area contributed by atoms with Crippen molar-refractivity contribution in [3.8, 4) is 23.0 Å².